The molecule has 218 valence electrons. The van der Waals surface area contributed by atoms with Crippen LogP contribution in [-0.2, 0) is 21.4 Å². The highest BCUT2D eigenvalue weighted by Gasteiger charge is 2.72. The van der Waals surface area contributed by atoms with E-state index in [2.05, 4.69) is 24.5 Å². The zero-order valence-electron chi connectivity index (χ0n) is 24.3. The Labute approximate surface area is 239 Å². The molecule has 3 fully saturated rings. The molecule has 40 heavy (non-hydrogen) atoms. The minimum absolute atomic E-state index is 0.111. The standard InChI is InChI=1S/C34H47NO5/c1-3-4-5-6-7-8-9-10-11-12-29(36)39-23-38-27-16-15-26-21-28-34(37)18-17-24(2)32-33(34,30(26)31(27)40-32)19-20-35(28)22-25-13-14-25/h11-12,15-16,25,28,32,37H,2-10,13-14,17-23H2,1H3/t28?,32-,33-,34+/m0/s1. The van der Waals surface area contributed by atoms with Gasteiger partial charge in [-0.05, 0) is 81.0 Å². The summed E-state index contributed by atoms with van der Waals surface area (Å²) in [6, 6.07) is 4.19. The maximum Gasteiger partial charge on any atom is 0.333 e. The highest BCUT2D eigenvalue weighted by molar-refractivity contribution is 5.81. The molecule has 2 heterocycles. The molecule has 6 rings (SSSR count). The molecular weight excluding hydrogens is 502 g/mol. The molecule has 4 atom stereocenters. The third-order valence-electron chi connectivity index (χ3n) is 10.3. The lowest BCUT2D eigenvalue weighted by Gasteiger charge is -2.63. The quantitative estimate of drug-likeness (QED) is 0.0955. The van der Waals surface area contributed by atoms with Crippen LogP contribution in [0.25, 0.3) is 0 Å². The summed E-state index contributed by atoms with van der Waals surface area (Å²) in [6.45, 7) is 8.53. The second-order valence-electron chi connectivity index (χ2n) is 12.9. The molecule has 1 spiro atoms. The van der Waals surface area contributed by atoms with Crippen LogP contribution in [-0.4, -0.2) is 53.6 Å². The molecule has 0 radical (unpaired) electrons. The number of hydrogen-bond donors (Lipinski definition) is 1. The van der Waals surface area contributed by atoms with Gasteiger partial charge in [-0.2, -0.15) is 0 Å². The van der Waals surface area contributed by atoms with Crippen molar-refractivity contribution in [2.24, 2.45) is 5.92 Å². The van der Waals surface area contributed by atoms with Gasteiger partial charge < -0.3 is 19.3 Å². The van der Waals surface area contributed by atoms with Gasteiger partial charge in [0, 0.05) is 24.2 Å². The summed E-state index contributed by atoms with van der Waals surface area (Å²) < 4.78 is 18.0. The molecule has 6 nitrogen and oxygen atoms in total. The van der Waals surface area contributed by atoms with Crippen molar-refractivity contribution in [1.29, 1.82) is 0 Å². The van der Waals surface area contributed by atoms with E-state index in [0.717, 1.165) is 68.7 Å². The Kier molecular flexibility index (Phi) is 8.02. The number of benzene rings is 1. The van der Waals surface area contributed by atoms with Crippen LogP contribution in [0.4, 0.5) is 0 Å². The van der Waals surface area contributed by atoms with Crippen molar-refractivity contribution in [3.05, 3.63) is 47.6 Å². The number of allylic oxidation sites excluding steroid dienone is 1. The summed E-state index contributed by atoms with van der Waals surface area (Å²) >= 11 is 0. The van der Waals surface area contributed by atoms with Crippen LogP contribution < -0.4 is 9.47 Å². The molecule has 6 heteroatoms. The molecule has 0 aromatic heterocycles. The van der Waals surface area contributed by atoms with Gasteiger partial charge in [-0.1, -0.05) is 64.2 Å². The number of rotatable bonds is 14. The van der Waals surface area contributed by atoms with E-state index in [9.17, 15) is 9.90 Å². The molecule has 1 aromatic rings. The average Bonchev–Trinajstić information content (AvgIpc) is 3.69. The Hall–Kier alpha value is -2.31. The van der Waals surface area contributed by atoms with Gasteiger partial charge >= 0.3 is 5.97 Å². The number of carbonyl (C=O) groups excluding carboxylic acids is 1. The summed E-state index contributed by atoms with van der Waals surface area (Å²) in [7, 11) is 0. The predicted octanol–water partition coefficient (Wildman–Crippen LogP) is 6.38. The third-order valence-corrected chi connectivity index (χ3v) is 10.3. The molecular formula is C34H47NO5. The van der Waals surface area contributed by atoms with Gasteiger partial charge in [0.2, 0.25) is 6.79 Å². The number of esters is 1. The molecule has 1 unspecified atom stereocenters. The summed E-state index contributed by atoms with van der Waals surface area (Å²) in [5.41, 5.74) is 2.11. The second kappa shape index (κ2) is 11.5. The van der Waals surface area contributed by atoms with E-state index in [0.29, 0.717) is 11.5 Å². The minimum Gasteiger partial charge on any atom is -0.481 e. The van der Waals surface area contributed by atoms with Gasteiger partial charge in [-0.25, -0.2) is 4.79 Å². The third kappa shape index (κ3) is 4.89. The van der Waals surface area contributed by atoms with Crippen LogP contribution in [0, 0.1) is 5.92 Å². The van der Waals surface area contributed by atoms with Gasteiger partial charge in [-0.15, -0.1) is 0 Å². The van der Waals surface area contributed by atoms with Crippen LogP contribution in [0.5, 0.6) is 11.5 Å². The fourth-order valence-electron chi connectivity index (χ4n) is 8.09. The van der Waals surface area contributed by atoms with Crippen LogP contribution in [0.1, 0.15) is 102 Å². The van der Waals surface area contributed by atoms with E-state index in [1.54, 1.807) is 0 Å². The summed E-state index contributed by atoms with van der Waals surface area (Å²) in [5, 5.41) is 12.5. The first-order valence-corrected chi connectivity index (χ1v) is 15.9. The first-order chi connectivity index (χ1) is 19.5. The van der Waals surface area contributed by atoms with E-state index in [1.807, 2.05) is 12.1 Å². The molecule has 3 aliphatic carbocycles. The normalized spacial score (nSPS) is 30.3. The lowest BCUT2D eigenvalue weighted by Crippen LogP contribution is -2.75. The smallest absolute Gasteiger partial charge is 0.333 e. The summed E-state index contributed by atoms with van der Waals surface area (Å²) in [4.78, 5) is 14.8. The lowest BCUT2D eigenvalue weighted by molar-refractivity contribution is -0.174. The number of carbonyl (C=O) groups is 1. The largest absolute Gasteiger partial charge is 0.481 e. The van der Waals surface area contributed by atoms with Crippen molar-refractivity contribution >= 4 is 5.97 Å². The fourth-order valence-corrected chi connectivity index (χ4v) is 8.09. The Morgan fingerprint density at radius 2 is 1.98 bits per heavy atom. The Morgan fingerprint density at radius 1 is 1.18 bits per heavy atom. The van der Waals surface area contributed by atoms with Gasteiger partial charge in [0.15, 0.2) is 11.5 Å². The number of ether oxygens (including phenoxy) is 3. The van der Waals surface area contributed by atoms with E-state index in [-0.39, 0.29) is 24.9 Å². The van der Waals surface area contributed by atoms with Crippen LogP contribution in [0.2, 0.25) is 0 Å². The number of piperidine rings is 1. The molecule has 0 amide bonds. The van der Waals surface area contributed by atoms with Gasteiger partial charge in [0.05, 0.1) is 11.0 Å². The molecule has 5 aliphatic rings. The number of aliphatic hydroxyl groups is 1. The minimum atomic E-state index is -0.838. The highest BCUT2D eigenvalue weighted by Crippen LogP contribution is 2.66. The number of nitrogens with zero attached hydrogens (tertiary/aromatic N) is 1. The van der Waals surface area contributed by atoms with Crippen LogP contribution in [0.3, 0.4) is 0 Å². The zero-order valence-corrected chi connectivity index (χ0v) is 24.3. The van der Waals surface area contributed by atoms with Crippen molar-refractivity contribution in [2.75, 3.05) is 19.9 Å². The van der Waals surface area contributed by atoms with Crippen molar-refractivity contribution in [3.63, 3.8) is 0 Å². The molecule has 1 N–H and O–H groups in total. The molecule has 2 aliphatic heterocycles. The molecule has 2 saturated carbocycles. The summed E-state index contributed by atoms with van der Waals surface area (Å²) in [6.07, 6.45) is 18.7. The van der Waals surface area contributed by atoms with Crippen molar-refractivity contribution in [3.8, 4) is 11.5 Å². The number of unbranched alkanes of at least 4 members (excludes halogenated alkanes) is 7. The average molecular weight is 550 g/mol. The second-order valence-corrected chi connectivity index (χ2v) is 12.9. The van der Waals surface area contributed by atoms with Gasteiger partial charge in [0.25, 0.3) is 0 Å². The van der Waals surface area contributed by atoms with Crippen molar-refractivity contribution < 1.29 is 24.1 Å². The summed E-state index contributed by atoms with van der Waals surface area (Å²) in [5.74, 6) is 1.69. The Morgan fingerprint density at radius 3 is 2.77 bits per heavy atom. The van der Waals surface area contributed by atoms with E-state index in [1.165, 1.54) is 63.0 Å². The lowest BCUT2D eigenvalue weighted by atomic mass is 9.48. The van der Waals surface area contributed by atoms with Gasteiger partial charge in [-0.3, -0.25) is 4.90 Å². The SMILES string of the molecule is C=C1CC[C@@]2(O)C3Cc4ccc(OCOC(=O)C=CCCCCCCCCC)c5c4[C@@]2(CCN3CC2CC2)[C@H]1O5. The van der Waals surface area contributed by atoms with E-state index >= 15 is 0 Å². The van der Waals surface area contributed by atoms with Crippen LogP contribution in [0.15, 0.2) is 36.4 Å². The monoisotopic (exact) mass is 549 g/mol. The topological polar surface area (TPSA) is 68.2 Å². The molecule has 2 bridgehead atoms. The fraction of sp³-hybridized carbons (Fsp3) is 0.676. The highest BCUT2D eigenvalue weighted by atomic mass is 16.7. The van der Waals surface area contributed by atoms with E-state index in [4.69, 9.17) is 14.2 Å². The molecule has 1 aromatic carbocycles. The first-order valence-electron chi connectivity index (χ1n) is 15.9. The van der Waals surface area contributed by atoms with Crippen LogP contribution >= 0.6 is 0 Å². The van der Waals surface area contributed by atoms with Crippen molar-refractivity contribution in [1.82, 2.24) is 4.90 Å². The molecule has 1 saturated heterocycles. The number of likely N-dealkylation sites (tertiary alicyclic amines) is 1. The maximum absolute atomic E-state index is 12.5. The Bertz CT molecular complexity index is 1140. The number of hydrogen-bond acceptors (Lipinski definition) is 6. The Balaban J connectivity index is 1.09. The maximum atomic E-state index is 12.5. The first kappa shape index (κ1) is 27.8. The predicted molar refractivity (Wildman–Crippen MR) is 156 cm³/mol. The van der Waals surface area contributed by atoms with E-state index < -0.39 is 11.0 Å². The van der Waals surface area contributed by atoms with Gasteiger partial charge in [0.1, 0.15) is 6.10 Å². The zero-order chi connectivity index (χ0) is 27.7. The van der Waals surface area contributed by atoms with Crippen molar-refractivity contribution in [2.45, 2.75) is 120 Å².